The van der Waals surface area contributed by atoms with Crippen LogP contribution in [0.15, 0.2) is 90.7 Å². The largest absolute Gasteiger partial charge is 0.448 e. The van der Waals surface area contributed by atoms with Gasteiger partial charge in [-0.2, -0.15) is 0 Å². The van der Waals surface area contributed by atoms with Crippen LogP contribution >= 0.6 is 0 Å². The van der Waals surface area contributed by atoms with Crippen molar-refractivity contribution in [2.45, 2.75) is 31.7 Å². The first-order valence-electron chi connectivity index (χ1n) is 12.1. The normalized spacial score (nSPS) is 16.9. The summed E-state index contributed by atoms with van der Waals surface area (Å²) in [7, 11) is 0. The van der Waals surface area contributed by atoms with Gasteiger partial charge < -0.3 is 9.47 Å². The van der Waals surface area contributed by atoms with Gasteiger partial charge in [0.2, 0.25) is 0 Å². The lowest BCUT2D eigenvalue weighted by atomic mass is 9.98. The Balaban J connectivity index is 1.23. The number of benzene rings is 3. The Morgan fingerprint density at radius 2 is 1.50 bits per heavy atom. The first-order chi connectivity index (χ1) is 17.5. The third-order valence-corrected chi connectivity index (χ3v) is 6.75. The number of fused-ring (bicyclic) bond motifs is 3. The second-order valence-electron chi connectivity index (χ2n) is 9.06. The van der Waals surface area contributed by atoms with Gasteiger partial charge in [-0.3, -0.25) is 9.69 Å². The molecule has 0 unspecified atom stereocenters. The van der Waals surface area contributed by atoms with Crippen molar-refractivity contribution >= 4 is 17.8 Å². The van der Waals surface area contributed by atoms with Crippen molar-refractivity contribution in [1.82, 2.24) is 4.90 Å². The van der Waals surface area contributed by atoms with Crippen LogP contribution in [-0.2, 0) is 14.3 Å². The number of allylic oxidation sites excluding steroid dienone is 2. The Morgan fingerprint density at radius 1 is 0.889 bits per heavy atom. The molecule has 182 valence electrons. The number of ether oxygens (including phenoxy) is 2. The smallest absolute Gasteiger partial charge is 0.410 e. The summed E-state index contributed by atoms with van der Waals surface area (Å²) in [5, 5.41) is 0. The van der Waals surface area contributed by atoms with Crippen LogP contribution in [0, 0.1) is 0 Å². The van der Waals surface area contributed by atoms with E-state index in [1.807, 2.05) is 30.3 Å². The Morgan fingerprint density at radius 3 is 2.17 bits per heavy atom. The summed E-state index contributed by atoms with van der Waals surface area (Å²) < 4.78 is 11.2. The molecule has 0 spiro atoms. The maximum absolute atomic E-state index is 13.0. The lowest BCUT2D eigenvalue weighted by Crippen LogP contribution is -2.42. The van der Waals surface area contributed by atoms with Gasteiger partial charge in [-0.1, -0.05) is 78.9 Å². The van der Waals surface area contributed by atoms with E-state index in [-0.39, 0.29) is 24.1 Å². The SMILES string of the molecule is C/C(=C\C(=O)c1ccccc1)OC(=O)[C@@H]1CCCN1C(=O)OCC1c2ccccc2-c2ccccc21. The molecule has 0 saturated carbocycles. The van der Waals surface area contributed by atoms with Crippen molar-refractivity contribution in [2.24, 2.45) is 0 Å². The summed E-state index contributed by atoms with van der Waals surface area (Å²) in [6.45, 7) is 2.17. The molecule has 2 aliphatic rings. The Labute approximate surface area is 210 Å². The van der Waals surface area contributed by atoms with Crippen LogP contribution in [0.2, 0.25) is 0 Å². The van der Waals surface area contributed by atoms with Gasteiger partial charge in [-0.05, 0) is 42.0 Å². The minimum Gasteiger partial charge on any atom is -0.448 e. The maximum Gasteiger partial charge on any atom is 0.410 e. The van der Waals surface area contributed by atoms with Crippen molar-refractivity contribution in [2.75, 3.05) is 13.2 Å². The van der Waals surface area contributed by atoms with E-state index < -0.39 is 18.1 Å². The summed E-state index contributed by atoms with van der Waals surface area (Å²) in [6.07, 6.45) is 1.93. The highest BCUT2D eigenvalue weighted by molar-refractivity contribution is 6.04. The lowest BCUT2D eigenvalue weighted by molar-refractivity contribution is -0.144. The van der Waals surface area contributed by atoms with Crippen LogP contribution in [0.25, 0.3) is 11.1 Å². The maximum atomic E-state index is 13.0. The van der Waals surface area contributed by atoms with Crippen molar-refractivity contribution in [3.63, 3.8) is 0 Å². The Hall–Kier alpha value is -4.19. The molecule has 5 rings (SSSR count). The minimum atomic E-state index is -0.740. The molecular formula is C30H27NO5. The van der Waals surface area contributed by atoms with E-state index in [0.29, 0.717) is 24.9 Å². The van der Waals surface area contributed by atoms with Crippen molar-refractivity contribution < 1.29 is 23.9 Å². The van der Waals surface area contributed by atoms with E-state index in [0.717, 1.165) is 22.3 Å². The van der Waals surface area contributed by atoms with Gasteiger partial charge in [0.05, 0.1) is 0 Å². The number of rotatable bonds is 6. The standard InChI is InChI=1S/C30H27NO5/c1-20(18-28(32)21-10-3-2-4-11-21)36-29(33)27-16-9-17-31(27)30(34)35-19-26-24-14-7-5-12-22(24)23-13-6-8-15-25(23)26/h2-8,10-15,18,26-27H,9,16-17,19H2,1H3/b20-18+/t27-/m0/s1. The number of carbonyl (C=O) groups excluding carboxylic acids is 3. The molecule has 1 saturated heterocycles. The van der Waals surface area contributed by atoms with Crippen LogP contribution < -0.4 is 0 Å². The fourth-order valence-corrected chi connectivity index (χ4v) is 5.03. The molecular weight excluding hydrogens is 454 g/mol. The third kappa shape index (κ3) is 4.67. The molecule has 1 aliphatic carbocycles. The highest BCUT2D eigenvalue weighted by Crippen LogP contribution is 2.44. The van der Waals surface area contributed by atoms with Gasteiger partial charge in [0.25, 0.3) is 0 Å². The number of nitrogens with zero attached hydrogens (tertiary/aromatic N) is 1. The van der Waals surface area contributed by atoms with E-state index in [4.69, 9.17) is 9.47 Å². The zero-order valence-electron chi connectivity index (χ0n) is 20.1. The number of esters is 1. The first-order valence-corrected chi connectivity index (χ1v) is 12.1. The van der Waals surface area contributed by atoms with Crippen LogP contribution in [-0.4, -0.2) is 41.9 Å². The molecule has 0 radical (unpaired) electrons. The van der Waals surface area contributed by atoms with E-state index in [1.165, 1.54) is 11.0 Å². The number of amides is 1. The van der Waals surface area contributed by atoms with Gasteiger partial charge >= 0.3 is 12.1 Å². The van der Waals surface area contributed by atoms with Crippen LogP contribution in [0.3, 0.4) is 0 Å². The number of likely N-dealkylation sites (tertiary alicyclic amines) is 1. The summed E-state index contributed by atoms with van der Waals surface area (Å²) in [6, 6.07) is 24.3. The zero-order chi connectivity index (χ0) is 25.1. The van der Waals surface area contributed by atoms with E-state index in [9.17, 15) is 14.4 Å². The van der Waals surface area contributed by atoms with Gasteiger partial charge in [0.1, 0.15) is 18.4 Å². The first kappa shape index (κ1) is 23.5. The highest BCUT2D eigenvalue weighted by atomic mass is 16.6. The fourth-order valence-electron chi connectivity index (χ4n) is 5.03. The summed E-state index contributed by atoms with van der Waals surface area (Å²) in [4.78, 5) is 39.7. The number of hydrogen-bond donors (Lipinski definition) is 0. The van der Waals surface area contributed by atoms with E-state index >= 15 is 0 Å². The van der Waals surface area contributed by atoms with Gasteiger partial charge in [-0.15, -0.1) is 0 Å². The molecule has 1 fully saturated rings. The van der Waals surface area contributed by atoms with Gasteiger partial charge in [-0.25, -0.2) is 9.59 Å². The van der Waals surface area contributed by atoms with Crippen molar-refractivity contribution in [3.05, 3.63) is 107 Å². The molecule has 1 amide bonds. The van der Waals surface area contributed by atoms with Crippen molar-refractivity contribution in [1.29, 1.82) is 0 Å². The molecule has 0 N–H and O–H groups in total. The summed E-state index contributed by atoms with van der Waals surface area (Å²) >= 11 is 0. The fraction of sp³-hybridized carbons (Fsp3) is 0.233. The molecule has 0 aromatic heterocycles. The quantitative estimate of drug-likeness (QED) is 0.195. The number of carbonyl (C=O) groups is 3. The summed E-state index contributed by atoms with van der Waals surface area (Å²) in [5.41, 5.74) is 5.09. The number of hydrogen-bond acceptors (Lipinski definition) is 5. The lowest BCUT2D eigenvalue weighted by Gasteiger charge is -2.24. The predicted molar refractivity (Wildman–Crippen MR) is 135 cm³/mol. The molecule has 1 atom stereocenters. The predicted octanol–water partition coefficient (Wildman–Crippen LogP) is 5.73. The van der Waals surface area contributed by atoms with Crippen LogP contribution in [0.4, 0.5) is 4.79 Å². The molecule has 0 bridgehead atoms. The minimum absolute atomic E-state index is 0.0523. The Kier molecular flexibility index (Phi) is 6.67. The Bertz CT molecular complexity index is 1280. The summed E-state index contributed by atoms with van der Waals surface area (Å²) in [5.74, 6) is -0.673. The molecule has 1 aliphatic heterocycles. The van der Waals surface area contributed by atoms with E-state index in [1.54, 1.807) is 31.2 Å². The molecule has 6 heteroatoms. The van der Waals surface area contributed by atoms with E-state index in [2.05, 4.69) is 24.3 Å². The van der Waals surface area contributed by atoms with Crippen molar-refractivity contribution in [3.8, 4) is 11.1 Å². The second kappa shape index (κ2) is 10.2. The second-order valence-corrected chi connectivity index (χ2v) is 9.06. The average molecular weight is 482 g/mol. The highest BCUT2D eigenvalue weighted by Gasteiger charge is 2.37. The molecule has 3 aromatic carbocycles. The monoisotopic (exact) mass is 481 g/mol. The average Bonchev–Trinajstić information content (AvgIpc) is 3.51. The molecule has 6 nitrogen and oxygen atoms in total. The molecule has 1 heterocycles. The zero-order valence-corrected chi connectivity index (χ0v) is 20.1. The van der Waals surface area contributed by atoms with Gasteiger partial charge in [0.15, 0.2) is 5.78 Å². The number of ketones is 1. The van der Waals surface area contributed by atoms with Gasteiger partial charge in [0, 0.05) is 24.1 Å². The van der Waals surface area contributed by atoms with Crippen LogP contribution in [0.5, 0.6) is 0 Å². The third-order valence-electron chi connectivity index (χ3n) is 6.75. The molecule has 3 aromatic rings. The van der Waals surface area contributed by atoms with Crippen LogP contribution in [0.1, 0.15) is 47.2 Å². The topological polar surface area (TPSA) is 72.9 Å². The molecule has 36 heavy (non-hydrogen) atoms.